The van der Waals surface area contributed by atoms with Gasteiger partial charge in [-0.25, -0.2) is 9.97 Å². The number of aryl methyl sites for hydroxylation is 1. The van der Waals surface area contributed by atoms with Crippen LogP contribution in [0, 0.1) is 6.92 Å². The van der Waals surface area contributed by atoms with Crippen molar-refractivity contribution in [2.24, 2.45) is 0 Å². The fourth-order valence-corrected chi connectivity index (χ4v) is 3.41. The standard InChI is InChI=1S/C22H22N4O/c1-16-15-19(21(27)26-14-12-18-9-5-6-10-20(18)26)25-22(24-16)23-13-11-17-7-3-2-4-8-17/h2-10,15H,11-14H2,1H3,(H,23,24,25). The molecule has 0 fully saturated rings. The molecule has 5 nitrogen and oxygen atoms in total. The van der Waals surface area contributed by atoms with Crippen molar-refractivity contribution in [3.63, 3.8) is 0 Å². The van der Waals surface area contributed by atoms with Crippen LogP contribution in [0.1, 0.15) is 27.3 Å². The van der Waals surface area contributed by atoms with Gasteiger partial charge in [-0.2, -0.15) is 0 Å². The van der Waals surface area contributed by atoms with Crippen molar-refractivity contribution in [3.05, 3.63) is 83.2 Å². The summed E-state index contributed by atoms with van der Waals surface area (Å²) in [5.74, 6) is 0.429. The highest BCUT2D eigenvalue weighted by Crippen LogP contribution is 2.28. The third kappa shape index (κ3) is 3.82. The van der Waals surface area contributed by atoms with Crippen LogP contribution in [0.4, 0.5) is 11.6 Å². The Balaban J connectivity index is 1.48. The Morgan fingerprint density at radius 3 is 2.70 bits per heavy atom. The van der Waals surface area contributed by atoms with Crippen LogP contribution < -0.4 is 10.2 Å². The van der Waals surface area contributed by atoms with Crippen molar-refractivity contribution in [3.8, 4) is 0 Å². The monoisotopic (exact) mass is 358 g/mol. The number of hydrogen-bond donors (Lipinski definition) is 1. The number of aromatic nitrogens is 2. The van der Waals surface area contributed by atoms with E-state index in [1.807, 2.05) is 48.2 Å². The van der Waals surface area contributed by atoms with Gasteiger partial charge in [0.2, 0.25) is 5.95 Å². The molecule has 1 aromatic heterocycles. The second-order valence-electron chi connectivity index (χ2n) is 6.72. The molecule has 0 aliphatic carbocycles. The highest BCUT2D eigenvalue weighted by atomic mass is 16.2. The quantitative estimate of drug-likeness (QED) is 0.756. The number of amides is 1. The number of hydrogen-bond acceptors (Lipinski definition) is 4. The lowest BCUT2D eigenvalue weighted by atomic mass is 10.1. The van der Waals surface area contributed by atoms with E-state index in [0.29, 0.717) is 24.7 Å². The number of nitrogens with one attached hydrogen (secondary N) is 1. The lowest BCUT2D eigenvalue weighted by Gasteiger charge is -2.17. The van der Waals surface area contributed by atoms with Crippen LogP contribution in [0.15, 0.2) is 60.7 Å². The normalized spacial score (nSPS) is 12.7. The number of rotatable bonds is 5. The Hall–Kier alpha value is -3.21. The molecule has 0 spiro atoms. The summed E-state index contributed by atoms with van der Waals surface area (Å²) in [6.07, 6.45) is 1.76. The van der Waals surface area contributed by atoms with Crippen LogP contribution in [0.5, 0.6) is 0 Å². The van der Waals surface area contributed by atoms with Gasteiger partial charge in [0.05, 0.1) is 0 Å². The summed E-state index contributed by atoms with van der Waals surface area (Å²) in [6, 6.07) is 20.1. The van der Waals surface area contributed by atoms with Crippen molar-refractivity contribution in [2.45, 2.75) is 19.8 Å². The van der Waals surface area contributed by atoms with Gasteiger partial charge >= 0.3 is 0 Å². The molecule has 0 radical (unpaired) electrons. The number of anilines is 2. The van der Waals surface area contributed by atoms with Gasteiger partial charge < -0.3 is 10.2 Å². The third-order valence-electron chi connectivity index (χ3n) is 4.75. The summed E-state index contributed by atoms with van der Waals surface area (Å²) in [5.41, 5.74) is 4.65. The smallest absolute Gasteiger partial charge is 0.277 e. The molecular formula is C22H22N4O. The average Bonchev–Trinajstić information content (AvgIpc) is 3.12. The lowest BCUT2D eigenvalue weighted by Crippen LogP contribution is -2.30. The van der Waals surface area contributed by atoms with Gasteiger partial charge in [0.1, 0.15) is 5.69 Å². The summed E-state index contributed by atoms with van der Waals surface area (Å²) < 4.78 is 0. The predicted molar refractivity (Wildman–Crippen MR) is 107 cm³/mol. The summed E-state index contributed by atoms with van der Waals surface area (Å²) in [7, 11) is 0. The van der Waals surface area contributed by atoms with Crippen LogP contribution in [0.3, 0.4) is 0 Å². The third-order valence-corrected chi connectivity index (χ3v) is 4.75. The van der Waals surface area contributed by atoms with E-state index in [1.165, 1.54) is 11.1 Å². The molecule has 0 atom stereocenters. The van der Waals surface area contributed by atoms with Crippen LogP contribution >= 0.6 is 0 Å². The number of carbonyl (C=O) groups is 1. The summed E-state index contributed by atoms with van der Waals surface area (Å²) in [6.45, 7) is 3.30. The van der Waals surface area contributed by atoms with Crippen molar-refractivity contribution < 1.29 is 4.79 Å². The largest absolute Gasteiger partial charge is 0.354 e. The van der Waals surface area contributed by atoms with Gasteiger partial charge in [0.15, 0.2) is 0 Å². The van der Waals surface area contributed by atoms with Crippen molar-refractivity contribution in [1.82, 2.24) is 9.97 Å². The molecule has 0 saturated carbocycles. The Kier molecular flexibility index (Phi) is 4.83. The van der Waals surface area contributed by atoms with E-state index in [1.54, 1.807) is 6.07 Å². The van der Waals surface area contributed by atoms with E-state index < -0.39 is 0 Å². The minimum absolute atomic E-state index is 0.0726. The first-order chi connectivity index (χ1) is 13.2. The topological polar surface area (TPSA) is 58.1 Å². The predicted octanol–water partition coefficient (Wildman–Crippen LogP) is 3.64. The molecule has 0 unspecified atom stereocenters. The average molecular weight is 358 g/mol. The van der Waals surface area contributed by atoms with E-state index >= 15 is 0 Å². The van der Waals surface area contributed by atoms with Gasteiger partial charge in [-0.15, -0.1) is 0 Å². The van der Waals surface area contributed by atoms with Crippen LogP contribution in [-0.2, 0) is 12.8 Å². The molecule has 5 heteroatoms. The maximum Gasteiger partial charge on any atom is 0.277 e. The number of para-hydroxylation sites is 1. The van der Waals surface area contributed by atoms with Gasteiger partial charge in [0, 0.05) is 24.5 Å². The maximum atomic E-state index is 13.0. The van der Waals surface area contributed by atoms with Gasteiger partial charge in [-0.05, 0) is 43.0 Å². The van der Waals surface area contributed by atoms with Gasteiger partial charge in [-0.1, -0.05) is 48.5 Å². The zero-order valence-electron chi connectivity index (χ0n) is 15.4. The van der Waals surface area contributed by atoms with Crippen molar-refractivity contribution in [2.75, 3.05) is 23.3 Å². The van der Waals surface area contributed by atoms with Gasteiger partial charge in [0.25, 0.3) is 5.91 Å². The Morgan fingerprint density at radius 1 is 1.07 bits per heavy atom. The molecule has 1 amide bonds. The Bertz CT molecular complexity index is 956. The van der Waals surface area contributed by atoms with E-state index in [4.69, 9.17) is 0 Å². The Morgan fingerprint density at radius 2 is 1.85 bits per heavy atom. The molecule has 27 heavy (non-hydrogen) atoms. The molecule has 3 aromatic rings. The molecule has 4 rings (SSSR count). The molecule has 2 heterocycles. The number of benzene rings is 2. The first-order valence-corrected chi connectivity index (χ1v) is 9.24. The summed E-state index contributed by atoms with van der Waals surface area (Å²) in [4.78, 5) is 23.7. The highest BCUT2D eigenvalue weighted by molar-refractivity contribution is 6.06. The molecule has 1 aliphatic heterocycles. The van der Waals surface area contributed by atoms with Crippen molar-refractivity contribution in [1.29, 1.82) is 0 Å². The summed E-state index contributed by atoms with van der Waals surface area (Å²) >= 11 is 0. The first-order valence-electron chi connectivity index (χ1n) is 9.24. The minimum Gasteiger partial charge on any atom is -0.354 e. The number of nitrogens with zero attached hydrogens (tertiary/aromatic N) is 3. The second kappa shape index (κ2) is 7.58. The highest BCUT2D eigenvalue weighted by Gasteiger charge is 2.26. The van der Waals surface area contributed by atoms with Crippen LogP contribution in [0.2, 0.25) is 0 Å². The van der Waals surface area contributed by atoms with E-state index in [-0.39, 0.29) is 5.91 Å². The van der Waals surface area contributed by atoms with E-state index in [2.05, 4.69) is 33.5 Å². The fourth-order valence-electron chi connectivity index (χ4n) is 3.41. The first kappa shape index (κ1) is 17.2. The van der Waals surface area contributed by atoms with E-state index in [0.717, 1.165) is 24.2 Å². The zero-order valence-corrected chi connectivity index (χ0v) is 15.4. The van der Waals surface area contributed by atoms with E-state index in [9.17, 15) is 4.79 Å². The molecule has 0 saturated heterocycles. The molecule has 2 aromatic carbocycles. The van der Waals surface area contributed by atoms with Crippen LogP contribution in [0.25, 0.3) is 0 Å². The maximum absolute atomic E-state index is 13.0. The summed E-state index contributed by atoms with van der Waals surface area (Å²) in [5, 5.41) is 3.25. The van der Waals surface area contributed by atoms with Crippen molar-refractivity contribution >= 4 is 17.5 Å². The molecule has 0 bridgehead atoms. The Labute approximate surface area is 159 Å². The SMILES string of the molecule is Cc1cc(C(=O)N2CCc3ccccc32)nc(NCCc2ccccc2)n1. The zero-order chi connectivity index (χ0) is 18.6. The van der Waals surface area contributed by atoms with Gasteiger partial charge in [-0.3, -0.25) is 4.79 Å². The second-order valence-corrected chi connectivity index (χ2v) is 6.72. The minimum atomic E-state index is -0.0726. The lowest BCUT2D eigenvalue weighted by molar-refractivity contribution is 0.0984. The fraction of sp³-hybridized carbons (Fsp3) is 0.227. The number of carbonyl (C=O) groups excluding carboxylic acids is 1. The molecule has 1 N–H and O–H groups in total. The number of fused-ring (bicyclic) bond motifs is 1. The molecule has 1 aliphatic rings. The molecular weight excluding hydrogens is 336 g/mol. The molecule has 136 valence electrons. The van der Waals surface area contributed by atoms with Crippen LogP contribution in [-0.4, -0.2) is 29.0 Å².